The first-order chi connectivity index (χ1) is 16.7. The Labute approximate surface area is 200 Å². The van der Waals surface area contributed by atoms with E-state index in [1.54, 1.807) is 11.3 Å². The summed E-state index contributed by atoms with van der Waals surface area (Å²) in [7, 11) is 0. The number of pyridine rings is 3. The van der Waals surface area contributed by atoms with Gasteiger partial charge in [0.2, 0.25) is 0 Å². The number of thiophene rings is 1. The smallest absolute Gasteiger partial charge is 0.155 e. The number of rotatable bonds is 6. The van der Waals surface area contributed by atoms with Crippen LogP contribution < -0.4 is 5.32 Å². The predicted molar refractivity (Wildman–Crippen MR) is 138 cm³/mol. The van der Waals surface area contributed by atoms with E-state index in [1.165, 1.54) is 15.3 Å². The van der Waals surface area contributed by atoms with Gasteiger partial charge in [-0.05, 0) is 55.4 Å². The molecule has 0 saturated carbocycles. The fourth-order valence-corrected chi connectivity index (χ4v) is 5.13. The monoisotopic (exact) mass is 465 g/mol. The zero-order valence-electron chi connectivity index (χ0n) is 18.9. The van der Waals surface area contributed by atoms with Crippen molar-refractivity contribution < 1.29 is 0 Å². The van der Waals surface area contributed by atoms with E-state index in [0.29, 0.717) is 0 Å². The molecule has 3 N–H and O–H groups in total. The maximum absolute atomic E-state index is 4.63. The fourth-order valence-electron chi connectivity index (χ4n) is 4.23. The van der Waals surface area contributed by atoms with Crippen molar-refractivity contribution in [2.24, 2.45) is 0 Å². The normalized spacial score (nSPS) is 11.6. The molecule has 0 aliphatic heterocycles. The number of aromatic amines is 2. The minimum absolute atomic E-state index is 0.747. The SMILES string of the molecule is CCNCc1cncc(-c2cnc3[nH]nc(-c4cc5c(-c6ccc(C)s6)ccnc5[nH]4)c3c2)c1. The number of fused-ring (bicyclic) bond motifs is 2. The molecule has 34 heavy (non-hydrogen) atoms. The van der Waals surface area contributed by atoms with Crippen LogP contribution in [0.15, 0.2) is 61.2 Å². The van der Waals surface area contributed by atoms with E-state index in [-0.39, 0.29) is 0 Å². The summed E-state index contributed by atoms with van der Waals surface area (Å²) in [6.45, 7) is 5.93. The number of hydrogen-bond donors (Lipinski definition) is 3. The Morgan fingerprint density at radius 3 is 2.71 bits per heavy atom. The molecule has 168 valence electrons. The summed E-state index contributed by atoms with van der Waals surface area (Å²) in [6, 6.07) is 12.8. The number of nitrogens with zero attached hydrogens (tertiary/aromatic N) is 4. The van der Waals surface area contributed by atoms with Crippen LogP contribution in [0, 0.1) is 6.92 Å². The molecular weight excluding hydrogens is 442 g/mol. The van der Waals surface area contributed by atoms with E-state index >= 15 is 0 Å². The van der Waals surface area contributed by atoms with E-state index < -0.39 is 0 Å². The van der Waals surface area contributed by atoms with E-state index in [0.717, 1.165) is 63.2 Å². The summed E-state index contributed by atoms with van der Waals surface area (Å²) < 4.78 is 0. The predicted octanol–water partition coefficient (Wildman–Crippen LogP) is 5.71. The lowest BCUT2D eigenvalue weighted by molar-refractivity contribution is 0.724. The Kier molecular flexibility index (Phi) is 5.16. The molecule has 0 fully saturated rings. The molecule has 6 rings (SSSR count). The van der Waals surface area contributed by atoms with Crippen LogP contribution in [0.5, 0.6) is 0 Å². The standard InChI is InChI=1S/C26H23N7S/c1-3-27-11-16-8-17(13-28-12-16)18-9-21-24(32-33-26(21)30-14-18)22-10-20-19(6-7-29-25(20)31-22)23-5-4-15(2)34-23/h4-10,12-14,27H,3,11H2,1-2H3,(H,29,31)(H,30,32,33). The minimum Gasteiger partial charge on any atom is -0.338 e. The zero-order chi connectivity index (χ0) is 23.1. The van der Waals surface area contributed by atoms with Crippen LogP contribution in [0.1, 0.15) is 17.4 Å². The van der Waals surface area contributed by atoms with Crippen LogP contribution in [-0.2, 0) is 6.54 Å². The summed E-state index contributed by atoms with van der Waals surface area (Å²) >= 11 is 1.79. The molecule has 0 aromatic carbocycles. The highest BCUT2D eigenvalue weighted by Gasteiger charge is 2.16. The lowest BCUT2D eigenvalue weighted by Crippen LogP contribution is -2.11. The van der Waals surface area contributed by atoms with Gasteiger partial charge in [0.05, 0.1) is 5.69 Å². The molecule has 0 aliphatic carbocycles. The third kappa shape index (κ3) is 3.67. The quantitative estimate of drug-likeness (QED) is 0.293. The third-order valence-corrected chi connectivity index (χ3v) is 6.95. The lowest BCUT2D eigenvalue weighted by Gasteiger charge is -2.05. The molecular formula is C26H23N7S. The van der Waals surface area contributed by atoms with Crippen molar-refractivity contribution in [1.29, 1.82) is 0 Å². The van der Waals surface area contributed by atoms with Crippen molar-refractivity contribution in [1.82, 2.24) is 35.5 Å². The highest BCUT2D eigenvalue weighted by Crippen LogP contribution is 2.36. The van der Waals surface area contributed by atoms with Gasteiger partial charge in [0.25, 0.3) is 0 Å². The second kappa shape index (κ2) is 8.48. The van der Waals surface area contributed by atoms with Gasteiger partial charge in [0, 0.05) is 68.5 Å². The summed E-state index contributed by atoms with van der Waals surface area (Å²) in [5.74, 6) is 0. The molecule has 0 unspecified atom stereocenters. The summed E-state index contributed by atoms with van der Waals surface area (Å²) in [6.07, 6.45) is 7.48. The Hall–Kier alpha value is -3.88. The topological polar surface area (TPSA) is 95.2 Å². The summed E-state index contributed by atoms with van der Waals surface area (Å²) in [5.41, 5.74) is 7.68. The van der Waals surface area contributed by atoms with Crippen molar-refractivity contribution in [3.63, 3.8) is 0 Å². The van der Waals surface area contributed by atoms with E-state index in [4.69, 9.17) is 0 Å². The molecule has 0 aliphatic rings. The second-order valence-electron chi connectivity index (χ2n) is 8.27. The molecule has 6 aromatic heterocycles. The molecule has 0 amide bonds. The van der Waals surface area contributed by atoms with Crippen molar-refractivity contribution in [3.05, 3.63) is 71.6 Å². The van der Waals surface area contributed by atoms with Crippen molar-refractivity contribution in [2.45, 2.75) is 20.4 Å². The van der Waals surface area contributed by atoms with Crippen molar-refractivity contribution in [3.8, 4) is 33.0 Å². The maximum Gasteiger partial charge on any atom is 0.155 e. The first kappa shape index (κ1) is 20.7. The van der Waals surface area contributed by atoms with E-state index in [9.17, 15) is 0 Å². The molecule has 0 radical (unpaired) electrons. The number of hydrogen-bond acceptors (Lipinski definition) is 6. The molecule has 6 heterocycles. The van der Waals surface area contributed by atoms with Gasteiger partial charge in [-0.1, -0.05) is 6.92 Å². The Morgan fingerprint density at radius 2 is 1.85 bits per heavy atom. The first-order valence-electron chi connectivity index (χ1n) is 11.2. The highest BCUT2D eigenvalue weighted by molar-refractivity contribution is 7.15. The zero-order valence-corrected chi connectivity index (χ0v) is 19.7. The average molecular weight is 466 g/mol. The Balaban J connectivity index is 1.44. The van der Waals surface area contributed by atoms with E-state index in [2.05, 4.69) is 85.7 Å². The van der Waals surface area contributed by atoms with Crippen LogP contribution in [-0.4, -0.2) is 36.7 Å². The largest absolute Gasteiger partial charge is 0.338 e. The summed E-state index contributed by atoms with van der Waals surface area (Å²) in [4.78, 5) is 19.6. The number of aryl methyl sites for hydroxylation is 1. The second-order valence-corrected chi connectivity index (χ2v) is 9.56. The Bertz CT molecular complexity index is 1630. The van der Waals surface area contributed by atoms with Crippen LogP contribution in [0.25, 0.3) is 55.0 Å². The van der Waals surface area contributed by atoms with Crippen molar-refractivity contribution >= 4 is 33.4 Å². The van der Waals surface area contributed by atoms with Gasteiger partial charge in [-0.3, -0.25) is 10.1 Å². The van der Waals surface area contributed by atoms with Crippen LogP contribution in [0.2, 0.25) is 0 Å². The number of nitrogens with one attached hydrogen (secondary N) is 3. The molecule has 0 spiro atoms. The van der Waals surface area contributed by atoms with Gasteiger partial charge in [-0.25, -0.2) is 9.97 Å². The average Bonchev–Trinajstić information content (AvgIpc) is 3.59. The van der Waals surface area contributed by atoms with Crippen LogP contribution in [0.4, 0.5) is 0 Å². The molecule has 0 bridgehead atoms. The van der Waals surface area contributed by atoms with Gasteiger partial charge in [-0.15, -0.1) is 11.3 Å². The number of aromatic nitrogens is 6. The number of H-pyrrole nitrogens is 2. The molecule has 8 heteroatoms. The van der Waals surface area contributed by atoms with Crippen LogP contribution >= 0.6 is 11.3 Å². The van der Waals surface area contributed by atoms with Crippen molar-refractivity contribution in [2.75, 3.05) is 6.54 Å². The molecule has 0 atom stereocenters. The van der Waals surface area contributed by atoms with Gasteiger partial charge >= 0.3 is 0 Å². The van der Waals surface area contributed by atoms with Gasteiger partial charge in [0.1, 0.15) is 11.3 Å². The van der Waals surface area contributed by atoms with Gasteiger partial charge in [-0.2, -0.15) is 5.10 Å². The lowest BCUT2D eigenvalue weighted by atomic mass is 10.1. The molecule has 0 saturated heterocycles. The first-order valence-corrected chi connectivity index (χ1v) is 12.1. The maximum atomic E-state index is 4.63. The molecule has 6 aromatic rings. The third-order valence-electron chi connectivity index (χ3n) is 5.92. The van der Waals surface area contributed by atoms with Gasteiger partial charge < -0.3 is 10.3 Å². The summed E-state index contributed by atoms with van der Waals surface area (Å²) in [5, 5.41) is 13.1. The fraction of sp³-hybridized carbons (Fsp3) is 0.154. The highest BCUT2D eigenvalue weighted by atomic mass is 32.1. The molecule has 7 nitrogen and oxygen atoms in total. The van der Waals surface area contributed by atoms with Crippen LogP contribution in [0.3, 0.4) is 0 Å². The minimum atomic E-state index is 0.747. The van der Waals surface area contributed by atoms with Gasteiger partial charge in [0.15, 0.2) is 5.65 Å². The van der Waals surface area contributed by atoms with E-state index in [1.807, 2.05) is 24.8 Å². The Morgan fingerprint density at radius 1 is 0.941 bits per heavy atom.